The number of fused-ring (bicyclic) bond motifs is 1. The number of benzene rings is 2. The van der Waals surface area contributed by atoms with Crippen LogP contribution in [0.4, 0.5) is 0 Å². The van der Waals surface area contributed by atoms with Crippen LogP contribution in [0.1, 0.15) is 34.5 Å². The summed E-state index contributed by atoms with van der Waals surface area (Å²) in [6.07, 6.45) is 0. The first-order chi connectivity index (χ1) is 10.7. The van der Waals surface area contributed by atoms with E-state index < -0.39 is 0 Å². The Bertz CT molecular complexity index is 861. The molecule has 4 nitrogen and oxygen atoms in total. The minimum Gasteiger partial charge on any atom is -0.346 e. The Hall–Kier alpha value is -2.71. The van der Waals surface area contributed by atoms with Crippen LogP contribution in [0.2, 0.25) is 0 Å². The molecule has 108 valence electrons. The van der Waals surface area contributed by atoms with E-state index in [1.165, 1.54) is 11.3 Å². The Morgan fingerprint density at radius 3 is 2.77 bits per heavy atom. The smallest absolute Gasteiger partial charge is 0.251 e. The summed E-state index contributed by atoms with van der Waals surface area (Å²) < 4.78 is 0.999. The van der Waals surface area contributed by atoms with Gasteiger partial charge in [-0.1, -0.05) is 12.1 Å². The van der Waals surface area contributed by atoms with Gasteiger partial charge in [0.1, 0.15) is 0 Å². The summed E-state index contributed by atoms with van der Waals surface area (Å²) in [5, 5.41) is 11.8. The lowest BCUT2D eigenvalue weighted by Crippen LogP contribution is -2.26. The van der Waals surface area contributed by atoms with Gasteiger partial charge in [-0.25, -0.2) is 4.98 Å². The molecule has 1 N–H and O–H groups in total. The standard InChI is InChI=1S/C17H13N3OS/c1-11(13-4-2-12(9-18)3-5-13)20-17(21)14-6-7-15-16(8-14)22-10-19-15/h2-8,10-11H,1H3,(H,20,21). The zero-order valence-corrected chi connectivity index (χ0v) is 12.7. The maximum absolute atomic E-state index is 12.3. The van der Waals surface area contributed by atoms with Gasteiger partial charge in [0, 0.05) is 5.56 Å². The quantitative estimate of drug-likeness (QED) is 0.803. The number of nitrogens with one attached hydrogen (secondary N) is 1. The highest BCUT2D eigenvalue weighted by molar-refractivity contribution is 7.16. The molecule has 0 bridgehead atoms. The molecule has 0 saturated heterocycles. The second-order valence-corrected chi connectivity index (χ2v) is 5.85. The van der Waals surface area contributed by atoms with Crippen LogP contribution >= 0.6 is 11.3 Å². The molecule has 3 rings (SSSR count). The second-order valence-electron chi connectivity index (χ2n) is 4.96. The van der Waals surface area contributed by atoms with Gasteiger partial charge < -0.3 is 5.32 Å². The number of aromatic nitrogens is 1. The fraction of sp³-hybridized carbons (Fsp3) is 0.118. The Labute approximate surface area is 132 Å². The van der Waals surface area contributed by atoms with Crippen LogP contribution in [-0.2, 0) is 0 Å². The minimum atomic E-state index is -0.127. The first kappa shape index (κ1) is 14.2. The predicted molar refractivity (Wildman–Crippen MR) is 86.7 cm³/mol. The minimum absolute atomic E-state index is 0.118. The van der Waals surface area contributed by atoms with Gasteiger partial charge in [-0.15, -0.1) is 11.3 Å². The van der Waals surface area contributed by atoms with E-state index in [1.807, 2.05) is 31.2 Å². The first-order valence-electron chi connectivity index (χ1n) is 6.81. The Balaban J connectivity index is 1.76. The van der Waals surface area contributed by atoms with Crippen LogP contribution in [-0.4, -0.2) is 10.9 Å². The van der Waals surface area contributed by atoms with Gasteiger partial charge in [-0.05, 0) is 42.8 Å². The third-order valence-corrected chi connectivity index (χ3v) is 4.27. The fourth-order valence-electron chi connectivity index (χ4n) is 2.21. The largest absolute Gasteiger partial charge is 0.346 e. The monoisotopic (exact) mass is 307 g/mol. The summed E-state index contributed by atoms with van der Waals surface area (Å²) in [4.78, 5) is 16.5. The SMILES string of the molecule is CC(NC(=O)c1ccc2ncsc2c1)c1ccc(C#N)cc1. The summed E-state index contributed by atoms with van der Waals surface area (Å²) in [6, 6.07) is 14.7. The number of nitrogens with zero attached hydrogens (tertiary/aromatic N) is 2. The molecule has 3 aromatic rings. The van der Waals surface area contributed by atoms with Crippen LogP contribution < -0.4 is 5.32 Å². The summed E-state index contributed by atoms with van der Waals surface area (Å²) in [5.74, 6) is -0.118. The van der Waals surface area contributed by atoms with Crippen LogP contribution in [0.25, 0.3) is 10.2 Å². The van der Waals surface area contributed by atoms with Crippen LogP contribution in [0.5, 0.6) is 0 Å². The molecule has 0 aliphatic heterocycles. The van der Waals surface area contributed by atoms with E-state index in [0.29, 0.717) is 11.1 Å². The van der Waals surface area contributed by atoms with Crippen LogP contribution in [0.3, 0.4) is 0 Å². The molecule has 1 heterocycles. The van der Waals surface area contributed by atoms with Crippen molar-refractivity contribution in [2.75, 3.05) is 0 Å². The topological polar surface area (TPSA) is 65.8 Å². The van der Waals surface area contributed by atoms with Crippen molar-refractivity contribution in [3.8, 4) is 6.07 Å². The van der Waals surface area contributed by atoms with E-state index >= 15 is 0 Å². The number of amides is 1. The molecule has 1 aromatic heterocycles. The molecular weight excluding hydrogens is 294 g/mol. The Kier molecular flexibility index (Phi) is 3.86. The van der Waals surface area contributed by atoms with Gasteiger partial charge in [0.2, 0.25) is 0 Å². The highest BCUT2D eigenvalue weighted by Gasteiger charge is 2.12. The van der Waals surface area contributed by atoms with Crippen LogP contribution in [0, 0.1) is 11.3 Å². The highest BCUT2D eigenvalue weighted by Crippen LogP contribution is 2.20. The van der Waals surface area contributed by atoms with Crippen molar-refractivity contribution in [3.05, 3.63) is 64.7 Å². The molecule has 2 aromatic carbocycles. The maximum atomic E-state index is 12.3. The van der Waals surface area contributed by atoms with Gasteiger partial charge in [-0.2, -0.15) is 5.26 Å². The van der Waals surface area contributed by atoms with Gasteiger partial charge in [0.25, 0.3) is 5.91 Å². The van der Waals surface area contributed by atoms with Crippen molar-refractivity contribution in [2.45, 2.75) is 13.0 Å². The lowest BCUT2D eigenvalue weighted by molar-refractivity contribution is 0.0940. The summed E-state index contributed by atoms with van der Waals surface area (Å²) in [6.45, 7) is 1.92. The van der Waals surface area contributed by atoms with Crippen molar-refractivity contribution < 1.29 is 4.79 Å². The Morgan fingerprint density at radius 2 is 2.05 bits per heavy atom. The molecule has 0 spiro atoms. The zero-order chi connectivity index (χ0) is 15.5. The molecule has 0 radical (unpaired) electrons. The number of nitriles is 1. The molecule has 0 saturated carbocycles. The van der Waals surface area contributed by atoms with Gasteiger partial charge in [0.15, 0.2) is 0 Å². The lowest BCUT2D eigenvalue weighted by Gasteiger charge is -2.14. The molecule has 1 amide bonds. The predicted octanol–water partition coefficient (Wildman–Crippen LogP) is 3.66. The normalized spacial score (nSPS) is 11.8. The number of rotatable bonds is 3. The van der Waals surface area contributed by atoms with Crippen LogP contribution in [0.15, 0.2) is 48.0 Å². The van der Waals surface area contributed by atoms with Crippen molar-refractivity contribution in [1.82, 2.24) is 10.3 Å². The lowest BCUT2D eigenvalue weighted by atomic mass is 10.1. The maximum Gasteiger partial charge on any atom is 0.251 e. The highest BCUT2D eigenvalue weighted by atomic mass is 32.1. The second kappa shape index (κ2) is 5.96. The molecule has 0 aliphatic rings. The summed E-state index contributed by atoms with van der Waals surface area (Å²) >= 11 is 1.52. The third kappa shape index (κ3) is 2.83. The molecule has 1 unspecified atom stereocenters. The third-order valence-electron chi connectivity index (χ3n) is 3.48. The van der Waals surface area contributed by atoms with E-state index in [0.717, 1.165) is 15.8 Å². The molecule has 5 heteroatoms. The van der Waals surface area contributed by atoms with E-state index in [4.69, 9.17) is 5.26 Å². The van der Waals surface area contributed by atoms with Crippen molar-refractivity contribution >= 4 is 27.5 Å². The average molecular weight is 307 g/mol. The van der Waals surface area contributed by atoms with Crippen molar-refractivity contribution in [2.24, 2.45) is 0 Å². The molecular formula is C17H13N3OS. The van der Waals surface area contributed by atoms with E-state index in [1.54, 1.807) is 23.7 Å². The average Bonchev–Trinajstić information content (AvgIpc) is 3.02. The summed E-state index contributed by atoms with van der Waals surface area (Å²) in [5.41, 5.74) is 4.87. The number of carbonyl (C=O) groups excluding carboxylic acids is 1. The number of thiazole rings is 1. The molecule has 0 aliphatic carbocycles. The van der Waals surface area contributed by atoms with Gasteiger partial charge in [0.05, 0.1) is 33.4 Å². The van der Waals surface area contributed by atoms with E-state index in [2.05, 4.69) is 16.4 Å². The molecule has 0 fully saturated rings. The number of hydrogen-bond donors (Lipinski definition) is 1. The zero-order valence-electron chi connectivity index (χ0n) is 11.9. The Morgan fingerprint density at radius 1 is 1.27 bits per heavy atom. The van der Waals surface area contributed by atoms with E-state index in [9.17, 15) is 4.79 Å². The summed E-state index contributed by atoms with van der Waals surface area (Å²) in [7, 11) is 0. The molecule has 1 atom stereocenters. The van der Waals surface area contributed by atoms with E-state index in [-0.39, 0.29) is 11.9 Å². The van der Waals surface area contributed by atoms with Gasteiger partial charge in [-0.3, -0.25) is 4.79 Å². The number of hydrogen-bond acceptors (Lipinski definition) is 4. The first-order valence-corrected chi connectivity index (χ1v) is 7.69. The fourth-order valence-corrected chi connectivity index (χ4v) is 2.92. The van der Waals surface area contributed by atoms with Gasteiger partial charge >= 0.3 is 0 Å². The van der Waals surface area contributed by atoms with Crippen molar-refractivity contribution in [1.29, 1.82) is 5.26 Å². The van der Waals surface area contributed by atoms with Crippen molar-refractivity contribution in [3.63, 3.8) is 0 Å². The molecule has 22 heavy (non-hydrogen) atoms. The number of carbonyl (C=O) groups is 1.